The van der Waals surface area contributed by atoms with Gasteiger partial charge < -0.3 is 10.1 Å². The van der Waals surface area contributed by atoms with Crippen molar-refractivity contribution in [1.29, 1.82) is 0 Å². The van der Waals surface area contributed by atoms with Crippen LogP contribution in [0.25, 0.3) is 15.9 Å². The van der Waals surface area contributed by atoms with Gasteiger partial charge in [-0.05, 0) is 50.1 Å². The average Bonchev–Trinajstić information content (AvgIpc) is 3.43. The Morgan fingerprint density at radius 2 is 1.91 bits per heavy atom. The Morgan fingerprint density at radius 1 is 1.12 bits per heavy atom. The maximum absolute atomic E-state index is 5.49. The summed E-state index contributed by atoms with van der Waals surface area (Å²) in [5, 5.41) is 9.12. The van der Waals surface area contributed by atoms with Crippen LogP contribution in [0.15, 0.2) is 42.7 Å². The molecule has 0 bridgehead atoms. The topological polar surface area (TPSA) is 68.1 Å². The Bertz CT molecular complexity index is 1200. The van der Waals surface area contributed by atoms with E-state index in [2.05, 4.69) is 60.4 Å². The number of hydrogen-bond donors (Lipinski definition) is 1. The summed E-state index contributed by atoms with van der Waals surface area (Å²) in [4.78, 5) is 14.6. The number of ether oxygens (including phenoxy) is 1. The smallest absolute Gasteiger partial charge is 0.146 e. The number of nitrogens with zero attached hydrogens (tertiary/aromatic N) is 5. The van der Waals surface area contributed by atoms with Crippen molar-refractivity contribution in [3.05, 3.63) is 64.6 Å². The second kappa shape index (κ2) is 8.97. The highest BCUT2D eigenvalue weighted by Crippen LogP contribution is 2.35. The van der Waals surface area contributed by atoms with E-state index in [1.165, 1.54) is 16.0 Å². The largest absolute Gasteiger partial charge is 0.379 e. The zero-order valence-corrected chi connectivity index (χ0v) is 19.5. The van der Waals surface area contributed by atoms with E-state index < -0.39 is 0 Å². The lowest BCUT2D eigenvalue weighted by molar-refractivity contribution is 0.0331. The standard InChI is InChI=1S/C24H28N6OS/c1-16-18(3)32-24-22(16)23(27-21(28-24)15-29-11-13-31-14-12-29)26-17(2)19-5-7-20(8-6-19)30-10-4-9-25-30/h4-10,17H,11-15H2,1-3H3,(H,26,27,28). The molecule has 0 radical (unpaired) electrons. The minimum absolute atomic E-state index is 0.107. The Morgan fingerprint density at radius 3 is 2.62 bits per heavy atom. The molecule has 1 saturated heterocycles. The van der Waals surface area contributed by atoms with Crippen molar-refractivity contribution >= 4 is 27.4 Å². The molecule has 0 saturated carbocycles. The van der Waals surface area contributed by atoms with Crippen LogP contribution < -0.4 is 5.32 Å². The zero-order valence-electron chi connectivity index (χ0n) is 18.7. The summed E-state index contributed by atoms with van der Waals surface area (Å²) in [6.45, 7) is 10.6. The van der Waals surface area contributed by atoms with E-state index in [9.17, 15) is 0 Å². The fourth-order valence-corrected chi connectivity index (χ4v) is 5.10. The van der Waals surface area contributed by atoms with Gasteiger partial charge in [-0.2, -0.15) is 5.10 Å². The molecular formula is C24H28N6OS. The van der Waals surface area contributed by atoms with Gasteiger partial charge in [0.15, 0.2) is 0 Å². The first-order valence-electron chi connectivity index (χ1n) is 11.0. The summed E-state index contributed by atoms with van der Waals surface area (Å²) in [6, 6.07) is 10.5. The van der Waals surface area contributed by atoms with E-state index in [0.29, 0.717) is 0 Å². The molecule has 0 amide bonds. The van der Waals surface area contributed by atoms with Crippen molar-refractivity contribution in [3.63, 3.8) is 0 Å². The molecule has 5 rings (SSSR count). The molecule has 8 heteroatoms. The van der Waals surface area contributed by atoms with Gasteiger partial charge in [0.05, 0.1) is 30.8 Å². The van der Waals surface area contributed by atoms with Crippen molar-refractivity contribution in [1.82, 2.24) is 24.6 Å². The van der Waals surface area contributed by atoms with Crippen LogP contribution in [0.3, 0.4) is 0 Å². The van der Waals surface area contributed by atoms with Gasteiger partial charge in [0.2, 0.25) is 0 Å². The van der Waals surface area contributed by atoms with Crippen molar-refractivity contribution in [2.75, 3.05) is 31.6 Å². The molecule has 32 heavy (non-hydrogen) atoms. The van der Waals surface area contributed by atoms with E-state index >= 15 is 0 Å². The number of aryl methyl sites for hydroxylation is 2. The number of rotatable bonds is 6. The number of fused-ring (bicyclic) bond motifs is 1. The molecule has 1 unspecified atom stereocenters. The summed E-state index contributed by atoms with van der Waals surface area (Å²) in [6.07, 6.45) is 3.74. The predicted octanol–water partition coefficient (Wildman–Crippen LogP) is 4.50. The van der Waals surface area contributed by atoms with E-state index in [1.54, 1.807) is 17.5 Å². The van der Waals surface area contributed by atoms with E-state index in [4.69, 9.17) is 14.7 Å². The molecule has 3 aromatic heterocycles. The van der Waals surface area contributed by atoms with E-state index in [1.807, 2.05) is 16.9 Å². The number of thiophene rings is 1. The second-order valence-electron chi connectivity index (χ2n) is 8.25. The van der Waals surface area contributed by atoms with Crippen LogP contribution in [0.2, 0.25) is 0 Å². The van der Waals surface area contributed by atoms with Crippen LogP contribution in [0, 0.1) is 13.8 Å². The van der Waals surface area contributed by atoms with Gasteiger partial charge >= 0.3 is 0 Å². The minimum atomic E-state index is 0.107. The molecule has 1 N–H and O–H groups in total. The third-order valence-corrected chi connectivity index (χ3v) is 7.16. The normalized spacial score (nSPS) is 15.8. The van der Waals surface area contributed by atoms with E-state index in [0.717, 1.165) is 60.4 Å². The van der Waals surface area contributed by atoms with Crippen molar-refractivity contribution in [2.45, 2.75) is 33.4 Å². The van der Waals surface area contributed by atoms with E-state index in [-0.39, 0.29) is 6.04 Å². The highest BCUT2D eigenvalue weighted by atomic mass is 32.1. The quantitative estimate of drug-likeness (QED) is 0.468. The molecule has 0 spiro atoms. The Labute approximate surface area is 192 Å². The highest BCUT2D eigenvalue weighted by Gasteiger charge is 2.19. The summed E-state index contributed by atoms with van der Waals surface area (Å²) < 4.78 is 7.35. The maximum atomic E-state index is 5.49. The van der Waals surface area contributed by atoms with Crippen LogP contribution in [-0.4, -0.2) is 51.0 Å². The molecule has 166 valence electrons. The second-order valence-corrected chi connectivity index (χ2v) is 9.45. The van der Waals surface area contributed by atoms with Gasteiger partial charge in [-0.25, -0.2) is 14.6 Å². The number of benzene rings is 1. The van der Waals surface area contributed by atoms with Crippen molar-refractivity contribution in [2.24, 2.45) is 0 Å². The van der Waals surface area contributed by atoms with Gasteiger partial charge in [0, 0.05) is 36.4 Å². The summed E-state index contributed by atoms with van der Waals surface area (Å²) in [5.74, 6) is 1.79. The van der Waals surface area contributed by atoms with Gasteiger partial charge in [-0.3, -0.25) is 4.90 Å². The Balaban J connectivity index is 1.42. The van der Waals surface area contributed by atoms with Crippen molar-refractivity contribution in [3.8, 4) is 5.69 Å². The molecular weight excluding hydrogens is 420 g/mol. The average molecular weight is 449 g/mol. The summed E-state index contributed by atoms with van der Waals surface area (Å²) in [5.41, 5.74) is 3.51. The fourth-order valence-electron chi connectivity index (χ4n) is 4.05. The number of morpholine rings is 1. The third-order valence-electron chi connectivity index (χ3n) is 6.06. The van der Waals surface area contributed by atoms with Crippen LogP contribution in [0.4, 0.5) is 5.82 Å². The number of aromatic nitrogens is 4. The molecule has 1 aliphatic rings. The van der Waals surface area contributed by atoms with Crippen LogP contribution in [0.1, 0.15) is 34.8 Å². The molecule has 1 atom stereocenters. The molecule has 7 nitrogen and oxygen atoms in total. The molecule has 1 fully saturated rings. The van der Waals surface area contributed by atoms with Crippen LogP contribution in [0.5, 0.6) is 0 Å². The van der Waals surface area contributed by atoms with Gasteiger partial charge in [-0.1, -0.05) is 12.1 Å². The van der Waals surface area contributed by atoms with Gasteiger partial charge in [0.1, 0.15) is 16.5 Å². The predicted molar refractivity (Wildman–Crippen MR) is 129 cm³/mol. The first kappa shape index (κ1) is 21.1. The summed E-state index contributed by atoms with van der Waals surface area (Å²) >= 11 is 1.75. The Kier molecular flexibility index (Phi) is 5.91. The third kappa shape index (κ3) is 4.26. The number of hydrogen-bond acceptors (Lipinski definition) is 7. The first-order valence-corrected chi connectivity index (χ1v) is 11.8. The maximum Gasteiger partial charge on any atom is 0.146 e. The Hall–Kier alpha value is -2.81. The van der Waals surface area contributed by atoms with Crippen LogP contribution in [-0.2, 0) is 11.3 Å². The lowest BCUT2D eigenvalue weighted by Gasteiger charge is -2.26. The lowest BCUT2D eigenvalue weighted by atomic mass is 10.1. The first-order chi connectivity index (χ1) is 15.6. The highest BCUT2D eigenvalue weighted by molar-refractivity contribution is 7.18. The van der Waals surface area contributed by atoms with Crippen LogP contribution >= 0.6 is 11.3 Å². The zero-order chi connectivity index (χ0) is 22.1. The lowest BCUT2D eigenvalue weighted by Crippen LogP contribution is -2.36. The number of nitrogens with one attached hydrogen (secondary N) is 1. The molecule has 4 aromatic rings. The summed E-state index contributed by atoms with van der Waals surface area (Å²) in [7, 11) is 0. The molecule has 1 aliphatic heterocycles. The van der Waals surface area contributed by atoms with Crippen molar-refractivity contribution < 1.29 is 4.74 Å². The van der Waals surface area contributed by atoms with Gasteiger partial charge in [0.25, 0.3) is 0 Å². The number of anilines is 1. The monoisotopic (exact) mass is 448 g/mol. The molecule has 0 aliphatic carbocycles. The minimum Gasteiger partial charge on any atom is -0.379 e. The molecule has 4 heterocycles. The SMILES string of the molecule is Cc1sc2nc(CN3CCOCC3)nc(NC(C)c3ccc(-n4cccn4)cc3)c2c1C. The molecule has 1 aromatic carbocycles. The van der Waals surface area contributed by atoms with Gasteiger partial charge in [-0.15, -0.1) is 11.3 Å². The fraction of sp³-hybridized carbons (Fsp3) is 0.375.